The molecule has 2 nitrogen and oxygen atoms in total. The van der Waals surface area contributed by atoms with Crippen LogP contribution in [0.15, 0.2) is 17.2 Å². The first-order valence-corrected chi connectivity index (χ1v) is 3.58. The Labute approximate surface area is 67.8 Å². The van der Waals surface area contributed by atoms with Crippen LogP contribution in [0.2, 0.25) is 5.02 Å². The van der Waals surface area contributed by atoms with E-state index in [1.54, 1.807) is 6.20 Å². The standard InChI is InChI=1S/C6H5Cl2NO/c7-1-4-2-9-3-5(8)6(4)10/h2-3H,1H2,(H,9,10). The van der Waals surface area contributed by atoms with E-state index in [2.05, 4.69) is 4.98 Å². The van der Waals surface area contributed by atoms with Gasteiger partial charge in [-0.05, 0) is 0 Å². The molecule has 0 saturated heterocycles. The molecule has 0 aromatic carbocycles. The van der Waals surface area contributed by atoms with Crippen molar-refractivity contribution in [3.05, 3.63) is 33.2 Å². The molecule has 4 heteroatoms. The fraction of sp³-hybridized carbons (Fsp3) is 0.167. The van der Waals surface area contributed by atoms with Crippen LogP contribution in [0.1, 0.15) is 5.56 Å². The van der Waals surface area contributed by atoms with Crippen molar-refractivity contribution in [1.29, 1.82) is 0 Å². The molecule has 0 aliphatic rings. The van der Waals surface area contributed by atoms with Crippen LogP contribution in [0.3, 0.4) is 0 Å². The highest BCUT2D eigenvalue weighted by Crippen LogP contribution is 2.01. The van der Waals surface area contributed by atoms with E-state index in [1.165, 1.54) is 6.20 Å². The number of nitrogens with one attached hydrogen (secondary N) is 1. The molecule has 1 rings (SSSR count). The molecule has 0 atom stereocenters. The quantitative estimate of drug-likeness (QED) is 0.653. The predicted molar refractivity (Wildman–Crippen MR) is 41.6 cm³/mol. The number of halogens is 2. The summed E-state index contributed by atoms with van der Waals surface area (Å²) in [5, 5.41) is 0.179. The average Bonchev–Trinajstić information content (AvgIpc) is 1.95. The van der Waals surface area contributed by atoms with Gasteiger partial charge in [0, 0.05) is 18.0 Å². The number of pyridine rings is 1. The molecule has 54 valence electrons. The molecule has 0 radical (unpaired) electrons. The molecule has 0 aliphatic carbocycles. The lowest BCUT2D eigenvalue weighted by atomic mass is 10.3. The first-order valence-electron chi connectivity index (χ1n) is 2.67. The van der Waals surface area contributed by atoms with Crippen molar-refractivity contribution in [3.8, 4) is 0 Å². The third-order valence-electron chi connectivity index (χ3n) is 1.12. The maximum Gasteiger partial charge on any atom is 0.204 e. The van der Waals surface area contributed by atoms with Gasteiger partial charge < -0.3 is 4.98 Å². The molecule has 1 aromatic heterocycles. The normalized spacial score (nSPS) is 9.80. The summed E-state index contributed by atoms with van der Waals surface area (Å²) in [6.07, 6.45) is 2.97. The molecule has 1 heterocycles. The number of hydrogen-bond acceptors (Lipinski definition) is 1. The number of alkyl halides is 1. The lowest BCUT2D eigenvalue weighted by Crippen LogP contribution is -2.07. The summed E-state index contributed by atoms with van der Waals surface area (Å²) in [5.74, 6) is 0.190. The van der Waals surface area contributed by atoms with Crippen LogP contribution in [0, 0.1) is 0 Å². The number of rotatable bonds is 1. The van der Waals surface area contributed by atoms with Gasteiger partial charge in [-0.3, -0.25) is 4.79 Å². The molecule has 10 heavy (non-hydrogen) atoms. The topological polar surface area (TPSA) is 32.9 Å². The highest BCUT2D eigenvalue weighted by molar-refractivity contribution is 6.30. The maximum atomic E-state index is 11.0. The van der Waals surface area contributed by atoms with Gasteiger partial charge in [0.2, 0.25) is 5.43 Å². The average molecular weight is 178 g/mol. The van der Waals surface area contributed by atoms with Crippen molar-refractivity contribution >= 4 is 23.2 Å². The molecule has 0 bridgehead atoms. The Morgan fingerprint density at radius 1 is 1.50 bits per heavy atom. The number of hydrogen-bond donors (Lipinski definition) is 1. The first kappa shape index (κ1) is 7.63. The summed E-state index contributed by atoms with van der Waals surface area (Å²) < 4.78 is 0. The largest absolute Gasteiger partial charge is 0.366 e. The highest BCUT2D eigenvalue weighted by Gasteiger charge is 1.99. The van der Waals surface area contributed by atoms with Crippen LogP contribution < -0.4 is 5.43 Å². The second-order valence-corrected chi connectivity index (χ2v) is 2.47. The second kappa shape index (κ2) is 3.08. The molecule has 0 spiro atoms. The summed E-state index contributed by atoms with van der Waals surface area (Å²) in [7, 11) is 0. The van der Waals surface area contributed by atoms with E-state index in [9.17, 15) is 4.79 Å². The van der Waals surface area contributed by atoms with Gasteiger partial charge in [0.25, 0.3) is 0 Å². The van der Waals surface area contributed by atoms with Crippen LogP contribution in [0.4, 0.5) is 0 Å². The van der Waals surface area contributed by atoms with Crippen LogP contribution in [-0.2, 0) is 5.88 Å². The van der Waals surface area contributed by atoms with E-state index in [0.717, 1.165) is 0 Å². The van der Waals surface area contributed by atoms with Crippen molar-refractivity contribution in [2.45, 2.75) is 5.88 Å². The minimum absolute atomic E-state index is 0.179. The van der Waals surface area contributed by atoms with E-state index < -0.39 is 0 Å². The summed E-state index contributed by atoms with van der Waals surface area (Å²) in [6, 6.07) is 0. The second-order valence-electron chi connectivity index (χ2n) is 1.79. The lowest BCUT2D eigenvalue weighted by Gasteiger charge is -1.92. The SMILES string of the molecule is O=c1c(Cl)c[nH]cc1CCl. The highest BCUT2D eigenvalue weighted by atomic mass is 35.5. The summed E-state index contributed by atoms with van der Waals surface area (Å²) >= 11 is 10.9. The van der Waals surface area contributed by atoms with Crippen molar-refractivity contribution < 1.29 is 0 Å². The molecule has 0 aliphatic heterocycles. The maximum absolute atomic E-state index is 11.0. The van der Waals surface area contributed by atoms with E-state index >= 15 is 0 Å². The predicted octanol–water partition coefficient (Wildman–Crippen LogP) is 1.77. The van der Waals surface area contributed by atoms with Crippen molar-refractivity contribution in [1.82, 2.24) is 4.98 Å². The van der Waals surface area contributed by atoms with E-state index in [0.29, 0.717) is 5.56 Å². The Kier molecular flexibility index (Phi) is 2.35. The summed E-state index contributed by atoms with van der Waals surface area (Å²) in [6.45, 7) is 0. The Morgan fingerprint density at radius 2 is 2.20 bits per heavy atom. The van der Waals surface area contributed by atoms with Crippen molar-refractivity contribution in [3.63, 3.8) is 0 Å². The smallest absolute Gasteiger partial charge is 0.204 e. The monoisotopic (exact) mass is 177 g/mol. The molecule has 0 unspecified atom stereocenters. The van der Waals surface area contributed by atoms with Crippen molar-refractivity contribution in [2.75, 3.05) is 0 Å². The zero-order valence-corrected chi connectivity index (χ0v) is 6.54. The Hall–Kier alpha value is -0.470. The minimum Gasteiger partial charge on any atom is -0.366 e. The first-order chi connectivity index (χ1) is 4.75. The van der Waals surface area contributed by atoms with Gasteiger partial charge in [-0.1, -0.05) is 11.6 Å². The Bertz CT molecular complexity index is 281. The minimum atomic E-state index is -0.199. The van der Waals surface area contributed by atoms with E-state index in [4.69, 9.17) is 23.2 Å². The Morgan fingerprint density at radius 3 is 2.70 bits per heavy atom. The van der Waals surface area contributed by atoms with Crippen LogP contribution >= 0.6 is 23.2 Å². The number of aromatic nitrogens is 1. The summed E-state index contributed by atoms with van der Waals surface area (Å²) in [4.78, 5) is 13.7. The third kappa shape index (κ3) is 1.33. The van der Waals surface area contributed by atoms with E-state index in [1.807, 2.05) is 0 Å². The zero-order valence-electron chi connectivity index (χ0n) is 5.03. The molecule has 0 fully saturated rings. The molecular weight excluding hydrogens is 173 g/mol. The zero-order chi connectivity index (χ0) is 7.56. The van der Waals surface area contributed by atoms with Gasteiger partial charge in [-0.25, -0.2) is 0 Å². The molecule has 0 amide bonds. The van der Waals surface area contributed by atoms with Crippen LogP contribution in [0.5, 0.6) is 0 Å². The van der Waals surface area contributed by atoms with Crippen molar-refractivity contribution in [2.24, 2.45) is 0 Å². The van der Waals surface area contributed by atoms with Gasteiger partial charge in [-0.2, -0.15) is 0 Å². The molecular formula is C6H5Cl2NO. The Balaban J connectivity index is 3.28. The molecule has 1 N–H and O–H groups in total. The van der Waals surface area contributed by atoms with Gasteiger partial charge in [0.05, 0.1) is 5.88 Å². The van der Waals surface area contributed by atoms with Crippen LogP contribution in [0.25, 0.3) is 0 Å². The fourth-order valence-electron chi connectivity index (χ4n) is 0.599. The van der Waals surface area contributed by atoms with Gasteiger partial charge in [-0.15, -0.1) is 11.6 Å². The molecule has 0 saturated carbocycles. The van der Waals surface area contributed by atoms with Gasteiger partial charge in [0.1, 0.15) is 5.02 Å². The molecule has 1 aromatic rings. The number of H-pyrrole nitrogens is 1. The lowest BCUT2D eigenvalue weighted by molar-refractivity contribution is 1.21. The number of aromatic amines is 1. The van der Waals surface area contributed by atoms with Gasteiger partial charge in [0.15, 0.2) is 0 Å². The van der Waals surface area contributed by atoms with Crippen LogP contribution in [-0.4, -0.2) is 4.98 Å². The van der Waals surface area contributed by atoms with E-state index in [-0.39, 0.29) is 16.3 Å². The van der Waals surface area contributed by atoms with Gasteiger partial charge >= 0.3 is 0 Å². The third-order valence-corrected chi connectivity index (χ3v) is 1.69. The summed E-state index contributed by atoms with van der Waals surface area (Å²) in [5.41, 5.74) is 0.296. The fourth-order valence-corrected chi connectivity index (χ4v) is 0.982.